The Labute approximate surface area is 138 Å². The Kier molecular flexibility index (Phi) is 6.92. The smallest absolute Gasteiger partial charge is 0.0605 e. The van der Waals surface area contributed by atoms with Gasteiger partial charge in [-0.15, -0.1) is 0 Å². The van der Waals surface area contributed by atoms with Crippen molar-refractivity contribution in [3.63, 3.8) is 0 Å². The normalized spacial score (nSPS) is 28.0. The van der Waals surface area contributed by atoms with Crippen LogP contribution in [0.2, 0.25) is 0 Å². The molecule has 0 aliphatic heterocycles. The van der Waals surface area contributed by atoms with Crippen molar-refractivity contribution in [2.45, 2.75) is 80.3 Å². The summed E-state index contributed by atoms with van der Waals surface area (Å²) in [6.07, 6.45) is 13.3. The molecule has 4 unspecified atom stereocenters. The van der Waals surface area contributed by atoms with Gasteiger partial charge in [-0.05, 0) is 47.8 Å². The molecular weight excluding hydrogens is 268 g/mol. The first kappa shape index (κ1) is 19.5. The van der Waals surface area contributed by atoms with Gasteiger partial charge in [0.25, 0.3) is 0 Å². The largest absolute Gasteiger partial charge is 0.393 e. The molecule has 1 aliphatic carbocycles. The average molecular weight is 307 g/mol. The quantitative estimate of drug-likeness (QED) is 0.572. The van der Waals surface area contributed by atoms with E-state index in [0.717, 1.165) is 19.3 Å². The lowest BCUT2D eigenvalue weighted by Gasteiger charge is -2.39. The van der Waals surface area contributed by atoms with Crippen LogP contribution in [0, 0.1) is 28.6 Å². The maximum absolute atomic E-state index is 10.4. The number of aliphatic hydroxyl groups excluding tert-OH is 1. The second-order valence-corrected chi connectivity index (χ2v) is 8.90. The van der Waals surface area contributed by atoms with Crippen LogP contribution in [-0.4, -0.2) is 11.2 Å². The predicted molar refractivity (Wildman–Crippen MR) is 97.8 cm³/mol. The van der Waals surface area contributed by atoms with E-state index in [4.69, 9.17) is 0 Å². The maximum atomic E-state index is 10.4. The summed E-state index contributed by atoms with van der Waals surface area (Å²) < 4.78 is 0. The second-order valence-electron chi connectivity index (χ2n) is 8.90. The molecule has 0 bridgehead atoms. The number of hydrogen-bond donors (Lipinski definition) is 1. The highest BCUT2D eigenvalue weighted by Gasteiger charge is 2.33. The van der Waals surface area contributed by atoms with E-state index in [1.165, 1.54) is 6.42 Å². The molecule has 1 aliphatic rings. The van der Waals surface area contributed by atoms with E-state index in [1.807, 2.05) is 0 Å². The van der Waals surface area contributed by atoms with Gasteiger partial charge in [-0.1, -0.05) is 79.2 Å². The van der Waals surface area contributed by atoms with E-state index in [-0.39, 0.29) is 17.4 Å². The summed E-state index contributed by atoms with van der Waals surface area (Å²) in [6, 6.07) is 0. The summed E-state index contributed by atoms with van der Waals surface area (Å²) in [5, 5.41) is 10.4. The molecule has 1 rings (SSSR count). The van der Waals surface area contributed by atoms with Gasteiger partial charge in [0.2, 0.25) is 0 Å². The van der Waals surface area contributed by atoms with Crippen molar-refractivity contribution in [1.82, 2.24) is 0 Å². The van der Waals surface area contributed by atoms with Crippen LogP contribution in [0.1, 0.15) is 74.1 Å². The van der Waals surface area contributed by atoms with Crippen LogP contribution in [0.25, 0.3) is 0 Å². The van der Waals surface area contributed by atoms with Gasteiger partial charge in [-0.2, -0.15) is 0 Å². The minimum absolute atomic E-state index is 0.228. The molecule has 0 saturated carbocycles. The summed E-state index contributed by atoms with van der Waals surface area (Å²) in [5.74, 6) is 1.58. The Morgan fingerprint density at radius 3 is 2.55 bits per heavy atom. The minimum atomic E-state index is -0.233. The van der Waals surface area contributed by atoms with Crippen LogP contribution in [0.5, 0.6) is 0 Å². The van der Waals surface area contributed by atoms with Crippen molar-refractivity contribution < 1.29 is 5.11 Å². The summed E-state index contributed by atoms with van der Waals surface area (Å²) in [6.45, 7) is 15.9. The van der Waals surface area contributed by atoms with E-state index < -0.39 is 0 Å². The molecule has 1 N–H and O–H groups in total. The van der Waals surface area contributed by atoms with Crippen LogP contribution < -0.4 is 0 Å². The Balaban J connectivity index is 2.56. The Hall–Kier alpha value is -0.560. The third-order valence-corrected chi connectivity index (χ3v) is 5.88. The first-order chi connectivity index (χ1) is 10.1. The topological polar surface area (TPSA) is 20.2 Å². The maximum Gasteiger partial charge on any atom is 0.0605 e. The molecule has 1 heteroatoms. The van der Waals surface area contributed by atoms with Gasteiger partial charge in [0.05, 0.1) is 6.10 Å². The molecule has 1 nitrogen and oxygen atoms in total. The summed E-state index contributed by atoms with van der Waals surface area (Å²) >= 11 is 0. The fourth-order valence-electron chi connectivity index (χ4n) is 3.58. The lowest BCUT2D eigenvalue weighted by atomic mass is 9.66. The lowest BCUT2D eigenvalue weighted by Crippen LogP contribution is -2.30. The Morgan fingerprint density at radius 2 is 2.00 bits per heavy atom. The molecule has 0 aromatic heterocycles. The van der Waals surface area contributed by atoms with Crippen molar-refractivity contribution >= 4 is 0 Å². The van der Waals surface area contributed by atoms with E-state index in [1.54, 1.807) is 0 Å². The van der Waals surface area contributed by atoms with Crippen LogP contribution in [0.4, 0.5) is 0 Å². The summed E-state index contributed by atoms with van der Waals surface area (Å²) in [4.78, 5) is 0. The zero-order chi connectivity index (χ0) is 17.0. The van der Waals surface area contributed by atoms with E-state index in [0.29, 0.717) is 17.3 Å². The minimum Gasteiger partial charge on any atom is -0.393 e. The van der Waals surface area contributed by atoms with Crippen LogP contribution in [-0.2, 0) is 0 Å². The van der Waals surface area contributed by atoms with Crippen LogP contribution in [0.15, 0.2) is 24.3 Å². The molecular formula is C21H38O. The molecule has 0 heterocycles. The third-order valence-electron chi connectivity index (χ3n) is 5.88. The zero-order valence-corrected chi connectivity index (χ0v) is 15.9. The predicted octanol–water partition coefficient (Wildman–Crippen LogP) is 5.99. The van der Waals surface area contributed by atoms with E-state index in [9.17, 15) is 5.11 Å². The van der Waals surface area contributed by atoms with Crippen molar-refractivity contribution in [1.29, 1.82) is 0 Å². The molecule has 0 spiro atoms. The van der Waals surface area contributed by atoms with Gasteiger partial charge in [-0.25, -0.2) is 0 Å². The monoisotopic (exact) mass is 306 g/mol. The van der Waals surface area contributed by atoms with Gasteiger partial charge in [-0.3, -0.25) is 0 Å². The highest BCUT2D eigenvalue weighted by Crippen LogP contribution is 2.42. The molecule has 22 heavy (non-hydrogen) atoms. The molecule has 0 fully saturated rings. The number of hydrogen-bond acceptors (Lipinski definition) is 1. The highest BCUT2D eigenvalue weighted by atomic mass is 16.3. The Bertz CT molecular complexity index is 389. The van der Waals surface area contributed by atoms with Gasteiger partial charge >= 0.3 is 0 Å². The zero-order valence-electron chi connectivity index (χ0n) is 15.9. The first-order valence-electron chi connectivity index (χ1n) is 9.10. The number of allylic oxidation sites excluding steroid dienone is 3. The van der Waals surface area contributed by atoms with Gasteiger partial charge < -0.3 is 5.11 Å². The molecule has 0 amide bonds. The summed E-state index contributed by atoms with van der Waals surface area (Å²) in [7, 11) is 0. The number of rotatable bonds is 7. The summed E-state index contributed by atoms with van der Waals surface area (Å²) in [5.41, 5.74) is 0.608. The highest BCUT2D eigenvalue weighted by molar-refractivity contribution is 5.05. The van der Waals surface area contributed by atoms with E-state index >= 15 is 0 Å². The molecule has 4 atom stereocenters. The standard InChI is InChI=1S/C21H38O/c1-8-20(4,5)15-19(22)17(3)11-9-13-18-16(2)12-10-14-21(18,6)7/h9-12,16-19,22H,8,13-15H2,1-7H3/b11-9+. The van der Waals surface area contributed by atoms with Gasteiger partial charge in [0, 0.05) is 0 Å². The van der Waals surface area contributed by atoms with E-state index in [2.05, 4.69) is 72.8 Å². The average Bonchev–Trinajstić information content (AvgIpc) is 2.41. The van der Waals surface area contributed by atoms with Crippen molar-refractivity contribution in [2.75, 3.05) is 0 Å². The van der Waals surface area contributed by atoms with Crippen LogP contribution in [0.3, 0.4) is 0 Å². The fourth-order valence-corrected chi connectivity index (χ4v) is 3.58. The first-order valence-corrected chi connectivity index (χ1v) is 9.10. The number of aliphatic hydroxyl groups is 1. The third kappa shape index (κ3) is 5.57. The molecule has 0 aromatic rings. The molecule has 128 valence electrons. The second kappa shape index (κ2) is 7.81. The van der Waals surface area contributed by atoms with Crippen molar-refractivity contribution in [3.8, 4) is 0 Å². The SMILES string of the molecule is CCC(C)(C)CC(O)C(C)/C=C/CC1C(C)C=CCC1(C)C. The van der Waals surface area contributed by atoms with Crippen molar-refractivity contribution in [3.05, 3.63) is 24.3 Å². The lowest BCUT2D eigenvalue weighted by molar-refractivity contribution is 0.0823. The molecule has 0 aromatic carbocycles. The molecule has 0 radical (unpaired) electrons. The van der Waals surface area contributed by atoms with Crippen LogP contribution >= 0.6 is 0 Å². The van der Waals surface area contributed by atoms with Crippen molar-refractivity contribution in [2.24, 2.45) is 28.6 Å². The van der Waals surface area contributed by atoms with Gasteiger partial charge in [0.1, 0.15) is 0 Å². The van der Waals surface area contributed by atoms with Gasteiger partial charge in [0.15, 0.2) is 0 Å². The molecule has 0 saturated heterocycles. The fraction of sp³-hybridized carbons (Fsp3) is 0.810. The Morgan fingerprint density at radius 1 is 1.36 bits per heavy atom.